The van der Waals surface area contributed by atoms with Crippen molar-refractivity contribution in [3.63, 3.8) is 0 Å². The highest BCUT2D eigenvalue weighted by atomic mass is 35.5. The van der Waals surface area contributed by atoms with Crippen molar-refractivity contribution < 1.29 is 0 Å². The number of halogens is 1. The summed E-state index contributed by atoms with van der Waals surface area (Å²) < 4.78 is 0. The van der Waals surface area contributed by atoms with Crippen molar-refractivity contribution in [2.45, 2.75) is 27.2 Å². The van der Waals surface area contributed by atoms with E-state index in [1.54, 1.807) is 18.2 Å². The number of nitrogens with one attached hydrogen (secondary N) is 1. The Morgan fingerprint density at radius 1 is 1.38 bits per heavy atom. The van der Waals surface area contributed by atoms with Crippen LogP contribution in [-0.2, 0) is 6.42 Å². The predicted molar refractivity (Wildman–Crippen MR) is 68.1 cm³/mol. The third-order valence-corrected chi connectivity index (χ3v) is 2.29. The van der Waals surface area contributed by atoms with E-state index in [1.165, 1.54) is 0 Å². The summed E-state index contributed by atoms with van der Waals surface area (Å²) in [5.41, 5.74) is 0.560. The van der Waals surface area contributed by atoms with Crippen molar-refractivity contribution in [1.29, 1.82) is 0 Å². The van der Waals surface area contributed by atoms with Crippen LogP contribution in [-0.4, -0.2) is 9.97 Å². The molecule has 16 heavy (non-hydrogen) atoms. The number of hydrogen-bond donors (Lipinski definition) is 1. The van der Waals surface area contributed by atoms with Gasteiger partial charge < -0.3 is 4.98 Å². The van der Waals surface area contributed by atoms with Crippen LogP contribution in [0.3, 0.4) is 0 Å². The first-order valence-electron chi connectivity index (χ1n) is 5.39. The quantitative estimate of drug-likeness (QED) is 0.830. The number of aromatic amines is 1. The third-order valence-electron chi connectivity index (χ3n) is 2.05. The molecule has 2 aromatic rings. The maximum Gasteiger partial charge on any atom is 0.258 e. The number of benzene rings is 1. The molecule has 0 aliphatic heterocycles. The average molecular weight is 239 g/mol. The second-order valence-corrected chi connectivity index (χ2v) is 3.46. The topological polar surface area (TPSA) is 45.8 Å². The Hall–Kier alpha value is -1.35. The first-order valence-corrected chi connectivity index (χ1v) is 5.77. The Morgan fingerprint density at radius 2 is 2.06 bits per heavy atom. The summed E-state index contributed by atoms with van der Waals surface area (Å²) in [7, 11) is 0. The highest BCUT2D eigenvalue weighted by Crippen LogP contribution is 2.14. The molecule has 0 unspecified atom stereocenters. The van der Waals surface area contributed by atoms with Gasteiger partial charge in [-0.1, -0.05) is 32.4 Å². The number of rotatable bonds is 1. The zero-order valence-electron chi connectivity index (χ0n) is 9.67. The lowest BCUT2D eigenvalue weighted by Crippen LogP contribution is -2.11. The minimum absolute atomic E-state index is 0.130. The second kappa shape index (κ2) is 5.66. The molecule has 0 atom stereocenters. The van der Waals surface area contributed by atoms with Gasteiger partial charge in [-0.3, -0.25) is 4.79 Å². The summed E-state index contributed by atoms with van der Waals surface area (Å²) in [5, 5.41) is 1.09. The van der Waals surface area contributed by atoms with Crippen LogP contribution in [0, 0.1) is 0 Å². The highest BCUT2D eigenvalue weighted by Gasteiger charge is 2.02. The Balaban J connectivity index is 0.000000606. The van der Waals surface area contributed by atoms with Gasteiger partial charge in [-0.05, 0) is 18.2 Å². The van der Waals surface area contributed by atoms with Crippen molar-refractivity contribution in [3.8, 4) is 0 Å². The van der Waals surface area contributed by atoms with Crippen LogP contribution in [0.25, 0.3) is 10.9 Å². The fourth-order valence-electron chi connectivity index (χ4n) is 1.33. The number of H-pyrrole nitrogens is 1. The lowest BCUT2D eigenvalue weighted by molar-refractivity contribution is 0.944. The van der Waals surface area contributed by atoms with Gasteiger partial charge in [0.05, 0.1) is 10.9 Å². The molecule has 0 bridgehead atoms. The first kappa shape index (κ1) is 12.7. The molecule has 0 saturated carbocycles. The lowest BCUT2D eigenvalue weighted by Gasteiger charge is -2.00. The van der Waals surface area contributed by atoms with E-state index in [1.807, 2.05) is 20.8 Å². The summed E-state index contributed by atoms with van der Waals surface area (Å²) >= 11 is 5.78. The summed E-state index contributed by atoms with van der Waals surface area (Å²) in [6.45, 7) is 5.94. The van der Waals surface area contributed by atoms with E-state index < -0.39 is 0 Å². The van der Waals surface area contributed by atoms with Gasteiger partial charge in [-0.2, -0.15) is 0 Å². The number of hydrogen-bond acceptors (Lipinski definition) is 2. The van der Waals surface area contributed by atoms with E-state index in [9.17, 15) is 4.79 Å². The monoisotopic (exact) mass is 238 g/mol. The predicted octanol–water partition coefficient (Wildman–Crippen LogP) is 3.17. The highest BCUT2D eigenvalue weighted by molar-refractivity contribution is 6.31. The van der Waals surface area contributed by atoms with E-state index in [-0.39, 0.29) is 5.56 Å². The van der Waals surface area contributed by atoms with Gasteiger partial charge in [0.15, 0.2) is 0 Å². The van der Waals surface area contributed by atoms with Gasteiger partial charge >= 0.3 is 0 Å². The van der Waals surface area contributed by atoms with E-state index in [0.717, 1.165) is 0 Å². The molecule has 86 valence electrons. The molecule has 4 heteroatoms. The molecule has 0 aliphatic carbocycles. The van der Waals surface area contributed by atoms with Gasteiger partial charge in [-0.15, -0.1) is 0 Å². The van der Waals surface area contributed by atoms with E-state index in [0.29, 0.717) is 28.2 Å². The molecular weight excluding hydrogens is 224 g/mol. The average Bonchev–Trinajstić information content (AvgIpc) is 2.32. The molecule has 0 fully saturated rings. The zero-order chi connectivity index (χ0) is 12.1. The number of aromatic nitrogens is 2. The fraction of sp³-hybridized carbons (Fsp3) is 0.333. The molecule has 0 spiro atoms. The molecular formula is C12H15ClN2O. The van der Waals surface area contributed by atoms with E-state index >= 15 is 0 Å². The zero-order valence-corrected chi connectivity index (χ0v) is 10.4. The molecule has 0 aliphatic rings. The normalized spacial score (nSPS) is 9.75. The summed E-state index contributed by atoms with van der Waals surface area (Å²) in [6.07, 6.45) is 0.716. The van der Waals surface area contributed by atoms with Crippen molar-refractivity contribution >= 4 is 22.5 Å². The maximum atomic E-state index is 11.6. The molecule has 0 saturated heterocycles. The van der Waals surface area contributed by atoms with Gasteiger partial charge in [0, 0.05) is 11.4 Å². The van der Waals surface area contributed by atoms with Crippen molar-refractivity contribution in [2.24, 2.45) is 0 Å². The molecule has 2 rings (SSSR count). The van der Waals surface area contributed by atoms with Crippen LogP contribution in [0.5, 0.6) is 0 Å². The Labute approximate surface area is 99.5 Å². The standard InChI is InChI=1S/C10H9ClN2O.C2H6/c1-2-9-12-8-4-3-6(11)5-7(8)10(14)13-9;1-2/h3-5H,2H2,1H3,(H,12,13,14);1-2H3. The summed E-state index contributed by atoms with van der Waals surface area (Å²) in [4.78, 5) is 18.5. The third kappa shape index (κ3) is 2.61. The lowest BCUT2D eigenvalue weighted by atomic mass is 10.2. The van der Waals surface area contributed by atoms with E-state index in [2.05, 4.69) is 9.97 Å². The molecule has 1 aromatic carbocycles. The van der Waals surface area contributed by atoms with Crippen molar-refractivity contribution in [1.82, 2.24) is 9.97 Å². The molecule has 3 nitrogen and oxygen atoms in total. The number of fused-ring (bicyclic) bond motifs is 1. The summed E-state index contributed by atoms with van der Waals surface area (Å²) in [6, 6.07) is 5.12. The van der Waals surface area contributed by atoms with Gasteiger partial charge in [-0.25, -0.2) is 4.98 Å². The fourth-order valence-corrected chi connectivity index (χ4v) is 1.50. The minimum atomic E-state index is -0.130. The Kier molecular flexibility index (Phi) is 4.50. The van der Waals surface area contributed by atoms with Crippen LogP contribution in [0.4, 0.5) is 0 Å². The van der Waals surface area contributed by atoms with Crippen LogP contribution in [0.15, 0.2) is 23.0 Å². The number of nitrogens with zero attached hydrogens (tertiary/aromatic N) is 1. The van der Waals surface area contributed by atoms with Crippen LogP contribution < -0.4 is 5.56 Å². The molecule has 1 N–H and O–H groups in total. The van der Waals surface area contributed by atoms with Crippen molar-refractivity contribution in [3.05, 3.63) is 39.4 Å². The Morgan fingerprint density at radius 3 is 2.69 bits per heavy atom. The molecule has 0 radical (unpaired) electrons. The largest absolute Gasteiger partial charge is 0.310 e. The minimum Gasteiger partial charge on any atom is -0.310 e. The van der Waals surface area contributed by atoms with Gasteiger partial charge in [0.2, 0.25) is 0 Å². The van der Waals surface area contributed by atoms with E-state index in [4.69, 9.17) is 11.6 Å². The van der Waals surface area contributed by atoms with Gasteiger partial charge in [0.25, 0.3) is 5.56 Å². The van der Waals surface area contributed by atoms with Crippen LogP contribution in [0.2, 0.25) is 5.02 Å². The molecule has 1 aromatic heterocycles. The maximum absolute atomic E-state index is 11.6. The summed E-state index contributed by atoms with van der Waals surface area (Å²) in [5.74, 6) is 0.699. The SMILES string of the molecule is CC.CCc1nc2ccc(Cl)cc2c(=O)[nH]1. The second-order valence-electron chi connectivity index (χ2n) is 3.03. The van der Waals surface area contributed by atoms with Crippen molar-refractivity contribution in [2.75, 3.05) is 0 Å². The first-order chi connectivity index (χ1) is 7.70. The Bertz CT molecular complexity index is 534. The van der Waals surface area contributed by atoms with Crippen LogP contribution in [0.1, 0.15) is 26.6 Å². The molecule has 1 heterocycles. The molecule has 0 amide bonds. The number of aryl methyl sites for hydroxylation is 1. The van der Waals surface area contributed by atoms with Gasteiger partial charge in [0.1, 0.15) is 5.82 Å². The van der Waals surface area contributed by atoms with Crippen LogP contribution >= 0.6 is 11.6 Å². The smallest absolute Gasteiger partial charge is 0.258 e.